The van der Waals surface area contributed by atoms with Crippen molar-refractivity contribution in [2.24, 2.45) is 0 Å². The lowest BCUT2D eigenvalue weighted by molar-refractivity contribution is 0.687. The molecule has 21 heavy (non-hydrogen) atoms. The van der Waals surface area contributed by atoms with Crippen molar-refractivity contribution in [3.05, 3.63) is 51.4 Å². The molecule has 1 aromatic carbocycles. The van der Waals surface area contributed by atoms with E-state index >= 15 is 0 Å². The van der Waals surface area contributed by atoms with Gasteiger partial charge in [0.15, 0.2) is 0 Å². The second-order valence-electron chi connectivity index (χ2n) is 5.53. The van der Waals surface area contributed by atoms with E-state index in [0.717, 1.165) is 17.1 Å². The molecule has 0 unspecified atom stereocenters. The van der Waals surface area contributed by atoms with E-state index in [1.54, 1.807) is 6.07 Å². The molecule has 2 N–H and O–H groups in total. The fourth-order valence-corrected chi connectivity index (χ4v) is 3.36. The van der Waals surface area contributed by atoms with Crippen LogP contribution in [0.15, 0.2) is 24.3 Å². The standard InChI is InChI=1S/C16H17Cl2N3/c17-12-6-5-11(13(18)8-12)7-16-20-14(9-15(19)21-16)10-3-1-2-4-10/h5-6,8-10H,1-4,7H2,(H2,19,20,21). The predicted molar refractivity (Wildman–Crippen MR) is 86.9 cm³/mol. The van der Waals surface area contributed by atoms with Gasteiger partial charge in [-0.25, -0.2) is 9.97 Å². The molecule has 0 aliphatic heterocycles. The number of nitrogens with zero attached hydrogens (tertiary/aromatic N) is 2. The smallest absolute Gasteiger partial charge is 0.135 e. The number of benzene rings is 1. The molecule has 3 nitrogen and oxygen atoms in total. The molecule has 1 aliphatic rings. The van der Waals surface area contributed by atoms with Crippen LogP contribution in [-0.4, -0.2) is 9.97 Å². The molecule has 0 bridgehead atoms. The van der Waals surface area contributed by atoms with Gasteiger partial charge in [0.2, 0.25) is 0 Å². The van der Waals surface area contributed by atoms with E-state index in [0.29, 0.717) is 28.2 Å². The van der Waals surface area contributed by atoms with Crippen LogP contribution in [0.2, 0.25) is 10.0 Å². The highest BCUT2D eigenvalue weighted by atomic mass is 35.5. The number of hydrogen-bond acceptors (Lipinski definition) is 3. The van der Waals surface area contributed by atoms with Crippen LogP contribution in [0.25, 0.3) is 0 Å². The van der Waals surface area contributed by atoms with E-state index in [1.807, 2.05) is 18.2 Å². The summed E-state index contributed by atoms with van der Waals surface area (Å²) in [7, 11) is 0. The molecular weight excluding hydrogens is 305 g/mol. The number of halogens is 2. The van der Waals surface area contributed by atoms with Gasteiger partial charge in [0.1, 0.15) is 11.6 Å². The highest BCUT2D eigenvalue weighted by Crippen LogP contribution is 2.33. The third-order valence-corrected chi connectivity index (χ3v) is 4.54. The SMILES string of the molecule is Nc1cc(C2CCCC2)nc(Cc2ccc(Cl)cc2Cl)n1. The topological polar surface area (TPSA) is 51.8 Å². The summed E-state index contributed by atoms with van der Waals surface area (Å²) in [5, 5.41) is 1.26. The minimum Gasteiger partial charge on any atom is -0.384 e. The summed E-state index contributed by atoms with van der Waals surface area (Å²) in [6, 6.07) is 7.38. The molecule has 1 aliphatic carbocycles. The minimum atomic E-state index is 0.523. The molecule has 1 fully saturated rings. The first-order valence-corrected chi connectivity index (χ1v) is 7.94. The first kappa shape index (κ1) is 14.6. The zero-order chi connectivity index (χ0) is 14.8. The monoisotopic (exact) mass is 321 g/mol. The fraction of sp³-hybridized carbons (Fsp3) is 0.375. The minimum absolute atomic E-state index is 0.523. The van der Waals surface area contributed by atoms with Gasteiger partial charge in [-0.1, -0.05) is 42.1 Å². The molecule has 3 rings (SSSR count). The van der Waals surface area contributed by atoms with Crippen molar-refractivity contribution in [3.63, 3.8) is 0 Å². The van der Waals surface area contributed by atoms with Gasteiger partial charge in [0, 0.05) is 34.1 Å². The number of rotatable bonds is 3. The molecule has 0 atom stereocenters. The first-order valence-electron chi connectivity index (χ1n) is 7.19. The normalized spacial score (nSPS) is 15.5. The predicted octanol–water partition coefficient (Wildman–Crippen LogP) is 4.61. The van der Waals surface area contributed by atoms with Crippen LogP contribution in [0.5, 0.6) is 0 Å². The lowest BCUT2D eigenvalue weighted by atomic mass is 10.0. The first-order chi connectivity index (χ1) is 10.1. The lowest BCUT2D eigenvalue weighted by Crippen LogP contribution is -2.06. The Morgan fingerprint density at radius 1 is 1.10 bits per heavy atom. The van der Waals surface area contributed by atoms with Crippen molar-refractivity contribution in [2.75, 3.05) is 5.73 Å². The van der Waals surface area contributed by atoms with E-state index in [-0.39, 0.29) is 0 Å². The average Bonchev–Trinajstić information content (AvgIpc) is 2.95. The van der Waals surface area contributed by atoms with Crippen LogP contribution in [0.4, 0.5) is 5.82 Å². The Hall–Kier alpha value is -1.32. The van der Waals surface area contributed by atoms with Gasteiger partial charge >= 0.3 is 0 Å². The number of aromatic nitrogens is 2. The molecule has 1 heterocycles. The highest BCUT2D eigenvalue weighted by molar-refractivity contribution is 6.35. The summed E-state index contributed by atoms with van der Waals surface area (Å²) in [5.74, 6) is 1.78. The van der Waals surface area contributed by atoms with Crippen LogP contribution < -0.4 is 5.73 Å². The summed E-state index contributed by atoms with van der Waals surface area (Å²) in [5.41, 5.74) is 7.97. The summed E-state index contributed by atoms with van der Waals surface area (Å²) < 4.78 is 0. The Labute approximate surface area is 134 Å². The maximum atomic E-state index is 6.21. The van der Waals surface area contributed by atoms with E-state index in [4.69, 9.17) is 33.9 Å². The van der Waals surface area contributed by atoms with Crippen molar-refractivity contribution in [3.8, 4) is 0 Å². The zero-order valence-corrected chi connectivity index (χ0v) is 13.2. The highest BCUT2D eigenvalue weighted by Gasteiger charge is 2.19. The van der Waals surface area contributed by atoms with E-state index in [9.17, 15) is 0 Å². The third-order valence-electron chi connectivity index (χ3n) is 3.95. The molecular formula is C16H17Cl2N3. The van der Waals surface area contributed by atoms with Crippen molar-refractivity contribution in [2.45, 2.75) is 38.0 Å². The van der Waals surface area contributed by atoms with Crippen molar-refractivity contribution in [1.29, 1.82) is 0 Å². The second kappa shape index (κ2) is 6.20. The summed E-state index contributed by atoms with van der Waals surface area (Å²) in [4.78, 5) is 9.03. The molecule has 1 saturated carbocycles. The van der Waals surface area contributed by atoms with Crippen LogP contribution in [-0.2, 0) is 6.42 Å². The van der Waals surface area contributed by atoms with Crippen LogP contribution >= 0.6 is 23.2 Å². The quantitative estimate of drug-likeness (QED) is 0.897. The Bertz CT molecular complexity index is 652. The Morgan fingerprint density at radius 3 is 2.57 bits per heavy atom. The van der Waals surface area contributed by atoms with Gasteiger partial charge in [0.05, 0.1) is 0 Å². The number of hydrogen-bond donors (Lipinski definition) is 1. The number of anilines is 1. The Morgan fingerprint density at radius 2 is 1.86 bits per heavy atom. The molecule has 0 saturated heterocycles. The molecule has 110 valence electrons. The second-order valence-corrected chi connectivity index (χ2v) is 6.37. The maximum absolute atomic E-state index is 6.21. The largest absolute Gasteiger partial charge is 0.384 e. The fourth-order valence-electron chi connectivity index (χ4n) is 2.88. The molecule has 5 heteroatoms. The van der Waals surface area contributed by atoms with Crippen molar-refractivity contribution < 1.29 is 0 Å². The van der Waals surface area contributed by atoms with Gasteiger partial charge < -0.3 is 5.73 Å². The van der Waals surface area contributed by atoms with Crippen LogP contribution in [0.3, 0.4) is 0 Å². The summed E-state index contributed by atoms with van der Waals surface area (Å²) in [6.07, 6.45) is 5.50. The Kier molecular flexibility index (Phi) is 4.32. The lowest BCUT2D eigenvalue weighted by Gasteiger charge is -2.11. The molecule has 0 spiro atoms. The summed E-state index contributed by atoms with van der Waals surface area (Å²) in [6.45, 7) is 0. The Balaban J connectivity index is 1.87. The molecule has 1 aromatic heterocycles. The maximum Gasteiger partial charge on any atom is 0.135 e. The summed E-state index contributed by atoms with van der Waals surface area (Å²) >= 11 is 12.1. The average molecular weight is 322 g/mol. The number of nitrogen functional groups attached to an aromatic ring is 1. The van der Waals surface area contributed by atoms with Crippen molar-refractivity contribution >= 4 is 29.0 Å². The van der Waals surface area contributed by atoms with Gasteiger partial charge in [0.25, 0.3) is 0 Å². The molecule has 2 aromatic rings. The van der Waals surface area contributed by atoms with Gasteiger partial charge in [-0.2, -0.15) is 0 Å². The third kappa shape index (κ3) is 3.47. The van der Waals surface area contributed by atoms with Gasteiger partial charge in [-0.3, -0.25) is 0 Å². The van der Waals surface area contributed by atoms with E-state index in [1.165, 1.54) is 25.7 Å². The van der Waals surface area contributed by atoms with Gasteiger partial charge in [-0.05, 0) is 30.5 Å². The van der Waals surface area contributed by atoms with E-state index in [2.05, 4.69) is 4.98 Å². The van der Waals surface area contributed by atoms with Crippen LogP contribution in [0.1, 0.15) is 48.7 Å². The van der Waals surface area contributed by atoms with Gasteiger partial charge in [-0.15, -0.1) is 0 Å². The number of nitrogens with two attached hydrogens (primary N) is 1. The van der Waals surface area contributed by atoms with E-state index < -0.39 is 0 Å². The van der Waals surface area contributed by atoms with Crippen molar-refractivity contribution in [1.82, 2.24) is 9.97 Å². The molecule has 0 radical (unpaired) electrons. The molecule has 0 amide bonds. The zero-order valence-electron chi connectivity index (χ0n) is 11.6. The van der Waals surface area contributed by atoms with Crippen LogP contribution in [0, 0.1) is 0 Å².